The second kappa shape index (κ2) is 5.73. The molecule has 2 rings (SSSR count). The molecule has 96 valence electrons. The standard InChI is InChI=1S/C10H16BrN5.ClH/c1-6(2)16-9(8(11)7(3)15-16)14-10-12-4-5-13-10;/h6H,4-5H2,1-3H3,(H2,12,13,14);1H. The third-order valence-corrected chi connectivity index (χ3v) is 3.36. The van der Waals surface area contributed by atoms with Crippen molar-refractivity contribution in [1.29, 1.82) is 0 Å². The molecule has 17 heavy (non-hydrogen) atoms. The normalized spacial score (nSPS) is 14.3. The molecule has 1 aliphatic rings. The molecular weight excluding hydrogens is 306 g/mol. The van der Waals surface area contributed by atoms with Crippen molar-refractivity contribution in [3.05, 3.63) is 10.2 Å². The Balaban J connectivity index is 0.00000144. The van der Waals surface area contributed by atoms with Crippen LogP contribution in [-0.4, -0.2) is 28.8 Å². The van der Waals surface area contributed by atoms with Crippen LogP contribution in [-0.2, 0) is 0 Å². The third-order valence-electron chi connectivity index (χ3n) is 2.41. The number of nitrogens with one attached hydrogen (secondary N) is 2. The summed E-state index contributed by atoms with van der Waals surface area (Å²) in [6, 6.07) is 0.314. The van der Waals surface area contributed by atoms with Gasteiger partial charge in [-0.05, 0) is 36.7 Å². The lowest BCUT2D eigenvalue weighted by atomic mass is 10.4. The zero-order valence-corrected chi connectivity index (χ0v) is 12.5. The number of nitrogens with zero attached hydrogens (tertiary/aromatic N) is 3. The summed E-state index contributed by atoms with van der Waals surface area (Å²) in [4.78, 5) is 4.31. The number of hydrogen-bond donors (Lipinski definition) is 2. The average molecular weight is 323 g/mol. The predicted octanol–water partition coefficient (Wildman–Crippen LogP) is 2.33. The fourth-order valence-corrected chi connectivity index (χ4v) is 1.97. The molecule has 0 aromatic carbocycles. The Morgan fingerprint density at radius 2 is 2.18 bits per heavy atom. The van der Waals surface area contributed by atoms with Crippen molar-refractivity contribution in [2.24, 2.45) is 4.99 Å². The van der Waals surface area contributed by atoms with Crippen molar-refractivity contribution in [2.45, 2.75) is 26.8 Å². The maximum Gasteiger partial charge on any atom is 0.197 e. The van der Waals surface area contributed by atoms with Gasteiger partial charge in [0.15, 0.2) is 5.96 Å². The summed E-state index contributed by atoms with van der Waals surface area (Å²) < 4.78 is 2.96. The van der Waals surface area contributed by atoms with Gasteiger partial charge in [-0.2, -0.15) is 5.10 Å². The van der Waals surface area contributed by atoms with E-state index in [0.29, 0.717) is 6.04 Å². The lowest BCUT2D eigenvalue weighted by Crippen LogP contribution is -2.27. The number of rotatable bonds is 2. The van der Waals surface area contributed by atoms with Crippen molar-refractivity contribution in [1.82, 2.24) is 15.1 Å². The number of guanidine groups is 1. The Morgan fingerprint density at radius 1 is 1.47 bits per heavy atom. The Morgan fingerprint density at radius 3 is 2.71 bits per heavy atom. The lowest BCUT2D eigenvalue weighted by molar-refractivity contribution is 0.536. The topological polar surface area (TPSA) is 54.2 Å². The highest BCUT2D eigenvalue weighted by molar-refractivity contribution is 9.10. The van der Waals surface area contributed by atoms with Gasteiger partial charge in [0.25, 0.3) is 0 Å². The van der Waals surface area contributed by atoms with E-state index < -0.39 is 0 Å². The monoisotopic (exact) mass is 321 g/mol. The molecule has 1 aromatic rings. The minimum absolute atomic E-state index is 0. The second-order valence-corrected chi connectivity index (χ2v) is 4.86. The molecular formula is C10H17BrClN5. The summed E-state index contributed by atoms with van der Waals surface area (Å²) in [7, 11) is 0. The Kier molecular flexibility index (Phi) is 4.82. The molecule has 2 heterocycles. The van der Waals surface area contributed by atoms with Crippen LogP contribution in [0.25, 0.3) is 0 Å². The van der Waals surface area contributed by atoms with Gasteiger partial charge in [-0.25, -0.2) is 4.68 Å². The SMILES string of the molecule is Cc1nn(C(C)C)c(NC2=NCCN2)c1Br.Cl. The molecule has 0 saturated heterocycles. The number of halogens is 2. The molecule has 0 amide bonds. The molecule has 1 aromatic heterocycles. The van der Waals surface area contributed by atoms with Crippen LogP contribution in [0.2, 0.25) is 0 Å². The smallest absolute Gasteiger partial charge is 0.197 e. The van der Waals surface area contributed by atoms with Gasteiger partial charge in [-0.1, -0.05) is 0 Å². The largest absolute Gasteiger partial charge is 0.354 e. The summed E-state index contributed by atoms with van der Waals surface area (Å²) in [6.07, 6.45) is 0. The fourth-order valence-electron chi connectivity index (χ4n) is 1.61. The van der Waals surface area contributed by atoms with Crippen molar-refractivity contribution >= 4 is 40.1 Å². The van der Waals surface area contributed by atoms with Gasteiger partial charge < -0.3 is 10.6 Å². The summed E-state index contributed by atoms with van der Waals surface area (Å²) in [6.45, 7) is 7.92. The van der Waals surface area contributed by atoms with Crippen molar-refractivity contribution in [3.8, 4) is 0 Å². The van der Waals surface area contributed by atoms with E-state index in [2.05, 4.69) is 50.5 Å². The molecule has 0 fully saturated rings. The van der Waals surface area contributed by atoms with Crippen LogP contribution < -0.4 is 10.6 Å². The quantitative estimate of drug-likeness (QED) is 0.878. The third kappa shape index (κ3) is 2.93. The molecule has 5 nitrogen and oxygen atoms in total. The highest BCUT2D eigenvalue weighted by Gasteiger charge is 2.17. The second-order valence-electron chi connectivity index (χ2n) is 4.07. The summed E-state index contributed by atoms with van der Waals surface area (Å²) >= 11 is 3.55. The molecule has 0 saturated carbocycles. The minimum Gasteiger partial charge on any atom is -0.354 e. The maximum atomic E-state index is 4.48. The summed E-state index contributed by atoms with van der Waals surface area (Å²) in [5.74, 6) is 1.78. The first-order chi connectivity index (χ1) is 7.59. The molecule has 0 radical (unpaired) electrons. The number of aliphatic imine (C=N–C) groups is 1. The fraction of sp³-hybridized carbons (Fsp3) is 0.600. The first-order valence-electron chi connectivity index (χ1n) is 5.39. The van der Waals surface area contributed by atoms with E-state index in [0.717, 1.165) is 35.0 Å². The van der Waals surface area contributed by atoms with E-state index >= 15 is 0 Å². The van der Waals surface area contributed by atoms with Gasteiger partial charge in [0.1, 0.15) is 5.82 Å². The zero-order valence-electron chi connectivity index (χ0n) is 10.1. The summed E-state index contributed by atoms with van der Waals surface area (Å²) in [5, 5.41) is 10.9. The van der Waals surface area contributed by atoms with Gasteiger partial charge in [0.05, 0.1) is 16.7 Å². The van der Waals surface area contributed by atoms with E-state index in [1.807, 2.05) is 11.6 Å². The van der Waals surface area contributed by atoms with Crippen LogP contribution in [0.5, 0.6) is 0 Å². The van der Waals surface area contributed by atoms with Crippen molar-refractivity contribution < 1.29 is 0 Å². The number of aryl methyl sites for hydroxylation is 1. The van der Waals surface area contributed by atoms with E-state index in [1.54, 1.807) is 0 Å². The Labute approximate surface area is 116 Å². The molecule has 0 spiro atoms. The molecule has 7 heteroatoms. The van der Waals surface area contributed by atoms with Crippen LogP contribution >= 0.6 is 28.3 Å². The van der Waals surface area contributed by atoms with Gasteiger partial charge in [0.2, 0.25) is 0 Å². The van der Waals surface area contributed by atoms with Crippen molar-refractivity contribution in [2.75, 3.05) is 18.4 Å². The van der Waals surface area contributed by atoms with Gasteiger partial charge in [-0.3, -0.25) is 4.99 Å². The number of aromatic nitrogens is 2. The Hall–Kier alpha value is -0.750. The van der Waals surface area contributed by atoms with Gasteiger partial charge in [0, 0.05) is 12.6 Å². The number of anilines is 1. The molecule has 0 bridgehead atoms. The van der Waals surface area contributed by atoms with E-state index in [4.69, 9.17) is 0 Å². The average Bonchev–Trinajstić information content (AvgIpc) is 2.81. The molecule has 1 aliphatic heterocycles. The minimum atomic E-state index is 0. The highest BCUT2D eigenvalue weighted by Crippen LogP contribution is 2.28. The number of hydrogen-bond acceptors (Lipinski definition) is 4. The van der Waals surface area contributed by atoms with E-state index in [9.17, 15) is 0 Å². The molecule has 0 atom stereocenters. The van der Waals surface area contributed by atoms with E-state index in [-0.39, 0.29) is 12.4 Å². The van der Waals surface area contributed by atoms with Crippen molar-refractivity contribution in [3.63, 3.8) is 0 Å². The highest BCUT2D eigenvalue weighted by atomic mass is 79.9. The van der Waals surface area contributed by atoms with Crippen LogP contribution in [0.4, 0.5) is 5.82 Å². The lowest BCUT2D eigenvalue weighted by Gasteiger charge is -2.13. The predicted molar refractivity (Wildman–Crippen MR) is 76.2 cm³/mol. The van der Waals surface area contributed by atoms with Gasteiger partial charge >= 0.3 is 0 Å². The van der Waals surface area contributed by atoms with E-state index in [1.165, 1.54) is 0 Å². The molecule has 0 unspecified atom stereocenters. The zero-order chi connectivity index (χ0) is 11.7. The first-order valence-corrected chi connectivity index (χ1v) is 6.19. The van der Waals surface area contributed by atoms with Crippen LogP contribution in [0.3, 0.4) is 0 Å². The Bertz CT molecular complexity index is 427. The summed E-state index contributed by atoms with van der Waals surface area (Å²) in [5.41, 5.74) is 0.981. The molecule has 0 aliphatic carbocycles. The first kappa shape index (κ1) is 14.3. The van der Waals surface area contributed by atoms with Crippen LogP contribution in [0, 0.1) is 6.92 Å². The van der Waals surface area contributed by atoms with Crippen LogP contribution in [0.1, 0.15) is 25.6 Å². The maximum absolute atomic E-state index is 4.48. The molecule has 2 N–H and O–H groups in total. The van der Waals surface area contributed by atoms with Gasteiger partial charge in [-0.15, -0.1) is 12.4 Å². The van der Waals surface area contributed by atoms with Crippen LogP contribution in [0.15, 0.2) is 9.47 Å².